The van der Waals surface area contributed by atoms with Crippen LogP contribution in [0.4, 0.5) is 0 Å². The zero-order valence-electron chi connectivity index (χ0n) is 19.2. The summed E-state index contributed by atoms with van der Waals surface area (Å²) >= 11 is 0. The lowest BCUT2D eigenvalue weighted by atomic mass is 10.1. The second-order valence-electron chi connectivity index (χ2n) is 7.80. The van der Waals surface area contributed by atoms with Gasteiger partial charge in [0.25, 0.3) is 0 Å². The van der Waals surface area contributed by atoms with E-state index in [1.54, 1.807) is 0 Å². The Morgan fingerprint density at radius 2 is 1.53 bits per heavy atom. The number of carboxylic acid groups (broad SMARTS) is 1. The van der Waals surface area contributed by atoms with E-state index in [1.165, 1.54) is 38.1 Å². The van der Waals surface area contributed by atoms with Gasteiger partial charge in [0.15, 0.2) is 5.96 Å². The highest BCUT2D eigenvalue weighted by Crippen LogP contribution is 2.11. The van der Waals surface area contributed by atoms with E-state index in [2.05, 4.69) is 20.9 Å². The number of hydrogen-bond donors (Lipinski definition) is 8. The molecule has 0 aromatic heterocycles. The minimum Gasteiger partial charge on any atom is -0.508 e. The molecule has 4 unspecified atom stereocenters. The summed E-state index contributed by atoms with van der Waals surface area (Å²) in [6, 6.07) is 1.67. The van der Waals surface area contributed by atoms with E-state index in [-0.39, 0.29) is 31.1 Å². The second-order valence-corrected chi connectivity index (χ2v) is 7.80. The predicted molar refractivity (Wildman–Crippen MR) is 124 cm³/mol. The minimum absolute atomic E-state index is 0.0277. The van der Waals surface area contributed by atoms with Gasteiger partial charge in [0.2, 0.25) is 17.7 Å². The smallest absolute Gasteiger partial charge is 0.326 e. The lowest BCUT2D eigenvalue weighted by Crippen LogP contribution is -2.56. The van der Waals surface area contributed by atoms with E-state index in [4.69, 9.17) is 17.2 Å². The average Bonchev–Trinajstić information content (AvgIpc) is 2.75. The number of amides is 3. The molecular weight excluding hydrogens is 446 g/mol. The molecule has 188 valence electrons. The van der Waals surface area contributed by atoms with Crippen molar-refractivity contribution in [1.82, 2.24) is 16.0 Å². The molecule has 1 rings (SSSR count). The molecule has 3 amide bonds. The highest BCUT2D eigenvalue weighted by Gasteiger charge is 2.27. The number of carbonyl (C=O) groups excluding carboxylic acids is 3. The maximum atomic E-state index is 12.7. The molecule has 34 heavy (non-hydrogen) atoms. The number of phenols is 1. The van der Waals surface area contributed by atoms with Crippen LogP contribution < -0.4 is 33.2 Å². The summed E-state index contributed by atoms with van der Waals surface area (Å²) in [5, 5.41) is 26.2. The van der Waals surface area contributed by atoms with Gasteiger partial charge in [0.05, 0.1) is 6.04 Å². The highest BCUT2D eigenvalue weighted by molar-refractivity contribution is 5.93. The fourth-order valence-corrected chi connectivity index (χ4v) is 2.82. The minimum atomic E-state index is -1.26. The Kier molecular flexibility index (Phi) is 11.3. The van der Waals surface area contributed by atoms with Crippen LogP contribution in [0.3, 0.4) is 0 Å². The number of rotatable bonds is 13. The molecule has 1 aromatic carbocycles. The molecule has 0 bridgehead atoms. The Balaban J connectivity index is 2.78. The van der Waals surface area contributed by atoms with Gasteiger partial charge in [-0.1, -0.05) is 12.1 Å². The van der Waals surface area contributed by atoms with Gasteiger partial charge in [-0.05, 0) is 44.4 Å². The van der Waals surface area contributed by atoms with Gasteiger partial charge in [-0.15, -0.1) is 0 Å². The molecule has 13 nitrogen and oxygen atoms in total. The topological polar surface area (TPSA) is 235 Å². The number of nitrogens with zero attached hydrogens (tertiary/aromatic N) is 1. The Morgan fingerprint density at radius 3 is 2.06 bits per heavy atom. The van der Waals surface area contributed by atoms with Crippen molar-refractivity contribution in [2.24, 2.45) is 22.2 Å². The van der Waals surface area contributed by atoms with E-state index >= 15 is 0 Å². The molecule has 0 heterocycles. The molecule has 0 fully saturated rings. The molecule has 0 aliphatic heterocycles. The van der Waals surface area contributed by atoms with Crippen molar-refractivity contribution in [2.75, 3.05) is 6.54 Å². The number of guanidine groups is 1. The third-order valence-electron chi connectivity index (χ3n) is 4.73. The van der Waals surface area contributed by atoms with E-state index in [9.17, 15) is 29.4 Å². The number of carbonyl (C=O) groups is 4. The Labute approximate surface area is 197 Å². The number of aromatic hydroxyl groups is 1. The van der Waals surface area contributed by atoms with Crippen molar-refractivity contribution in [2.45, 2.75) is 57.3 Å². The Bertz CT molecular complexity index is 884. The monoisotopic (exact) mass is 479 g/mol. The first-order valence-corrected chi connectivity index (χ1v) is 10.6. The molecule has 11 N–H and O–H groups in total. The number of aliphatic carboxylic acids is 1. The molecule has 0 saturated carbocycles. The van der Waals surface area contributed by atoms with Crippen LogP contribution in [0.25, 0.3) is 0 Å². The van der Waals surface area contributed by atoms with E-state index in [0.717, 1.165) is 0 Å². The molecule has 0 aliphatic carbocycles. The van der Waals surface area contributed by atoms with Crippen molar-refractivity contribution in [1.29, 1.82) is 0 Å². The van der Waals surface area contributed by atoms with Gasteiger partial charge >= 0.3 is 5.97 Å². The molecule has 4 atom stereocenters. The lowest BCUT2D eigenvalue weighted by molar-refractivity contribution is -0.142. The number of hydrogen-bond acceptors (Lipinski definition) is 7. The zero-order valence-corrected chi connectivity index (χ0v) is 19.2. The van der Waals surface area contributed by atoms with Crippen molar-refractivity contribution < 1.29 is 29.4 Å². The van der Waals surface area contributed by atoms with Crippen LogP contribution in [0.15, 0.2) is 29.3 Å². The summed E-state index contributed by atoms with van der Waals surface area (Å²) in [6.07, 6.45) is 0.511. The highest BCUT2D eigenvalue weighted by atomic mass is 16.4. The maximum Gasteiger partial charge on any atom is 0.326 e. The quantitative estimate of drug-likeness (QED) is 0.0876. The van der Waals surface area contributed by atoms with Gasteiger partial charge in [0, 0.05) is 13.0 Å². The van der Waals surface area contributed by atoms with Gasteiger partial charge < -0.3 is 43.4 Å². The first-order chi connectivity index (χ1) is 15.9. The summed E-state index contributed by atoms with van der Waals surface area (Å²) in [4.78, 5) is 52.7. The molecule has 0 spiro atoms. The van der Waals surface area contributed by atoms with E-state index in [0.29, 0.717) is 12.0 Å². The zero-order chi connectivity index (χ0) is 25.8. The number of phenolic OH excluding ortho intramolecular Hbond substituents is 1. The summed E-state index contributed by atoms with van der Waals surface area (Å²) < 4.78 is 0. The van der Waals surface area contributed by atoms with Crippen LogP contribution >= 0.6 is 0 Å². The first-order valence-electron chi connectivity index (χ1n) is 10.6. The number of carboxylic acids is 1. The second kappa shape index (κ2) is 13.6. The van der Waals surface area contributed by atoms with Crippen LogP contribution in [-0.2, 0) is 25.6 Å². The van der Waals surface area contributed by atoms with Crippen molar-refractivity contribution in [3.8, 4) is 5.75 Å². The summed E-state index contributed by atoms with van der Waals surface area (Å²) in [5.41, 5.74) is 16.7. The molecular formula is C21H33N7O6. The molecule has 0 radical (unpaired) electrons. The summed E-state index contributed by atoms with van der Waals surface area (Å²) in [5.74, 6) is -3.27. The number of benzene rings is 1. The molecule has 0 saturated heterocycles. The SMILES string of the molecule is CC(N)C(=O)NC(CCCN=C(N)N)C(=O)NC(C)C(=O)NC(Cc1ccc(O)cc1)C(=O)O. The fourth-order valence-electron chi connectivity index (χ4n) is 2.82. The third kappa shape index (κ3) is 10.2. The number of nitrogens with two attached hydrogens (primary N) is 3. The molecule has 13 heteroatoms. The predicted octanol–water partition coefficient (Wildman–Crippen LogP) is -2.11. The third-order valence-corrected chi connectivity index (χ3v) is 4.73. The number of aliphatic imine (C=N–C) groups is 1. The molecule has 1 aromatic rings. The van der Waals surface area contributed by atoms with Gasteiger partial charge in [0.1, 0.15) is 23.9 Å². The van der Waals surface area contributed by atoms with Gasteiger partial charge in [-0.25, -0.2) is 4.79 Å². The Hall–Kier alpha value is -3.87. The number of nitrogens with one attached hydrogen (secondary N) is 3. The van der Waals surface area contributed by atoms with E-state index < -0.39 is 47.9 Å². The van der Waals surface area contributed by atoms with Crippen LogP contribution in [0.5, 0.6) is 5.75 Å². The van der Waals surface area contributed by atoms with Gasteiger partial charge in [-0.2, -0.15) is 0 Å². The van der Waals surface area contributed by atoms with Crippen molar-refractivity contribution in [3.63, 3.8) is 0 Å². The van der Waals surface area contributed by atoms with Crippen LogP contribution in [0, 0.1) is 0 Å². The fraction of sp³-hybridized carbons (Fsp3) is 0.476. The standard InChI is InChI=1S/C21H33N7O6/c1-11(22)17(30)27-15(4-3-9-25-21(23)24)19(32)26-12(2)18(31)28-16(20(33)34)10-13-5-7-14(29)8-6-13/h5-8,11-12,15-16,29H,3-4,9-10,22H2,1-2H3,(H,26,32)(H,27,30)(H,28,31)(H,33,34)(H4,23,24,25). The van der Waals surface area contributed by atoms with Crippen molar-refractivity contribution in [3.05, 3.63) is 29.8 Å². The van der Waals surface area contributed by atoms with Crippen molar-refractivity contribution >= 4 is 29.7 Å². The maximum absolute atomic E-state index is 12.7. The van der Waals surface area contributed by atoms with Gasteiger partial charge in [-0.3, -0.25) is 19.4 Å². The molecule has 0 aliphatic rings. The van der Waals surface area contributed by atoms with Crippen LogP contribution in [0.1, 0.15) is 32.3 Å². The van der Waals surface area contributed by atoms with Crippen LogP contribution in [-0.4, -0.2) is 70.6 Å². The van der Waals surface area contributed by atoms with Crippen LogP contribution in [0.2, 0.25) is 0 Å². The summed E-state index contributed by atoms with van der Waals surface area (Å²) in [7, 11) is 0. The van der Waals surface area contributed by atoms with E-state index in [1.807, 2.05) is 0 Å². The average molecular weight is 480 g/mol. The lowest BCUT2D eigenvalue weighted by Gasteiger charge is -2.23. The summed E-state index contributed by atoms with van der Waals surface area (Å²) in [6.45, 7) is 3.07. The largest absolute Gasteiger partial charge is 0.508 e. The first kappa shape index (κ1) is 28.2. The normalized spacial score (nSPS) is 14.1. The Morgan fingerprint density at radius 1 is 0.941 bits per heavy atom.